The lowest BCUT2D eigenvalue weighted by atomic mass is 10.2. The van der Waals surface area contributed by atoms with E-state index in [2.05, 4.69) is 5.32 Å². The Morgan fingerprint density at radius 1 is 1.03 bits per heavy atom. The Morgan fingerprint density at radius 3 is 2.38 bits per heavy atom. The number of hydrogen-bond donors (Lipinski definition) is 1. The van der Waals surface area contributed by atoms with Crippen LogP contribution < -0.4 is 19.7 Å². The van der Waals surface area contributed by atoms with Gasteiger partial charge in [0.05, 0.1) is 22.0 Å². The summed E-state index contributed by atoms with van der Waals surface area (Å²) < 4.78 is 38.3. The van der Waals surface area contributed by atoms with Crippen LogP contribution in [0, 0.1) is 0 Å². The maximum absolute atomic E-state index is 12.9. The van der Waals surface area contributed by atoms with Gasteiger partial charge >= 0.3 is 0 Å². The summed E-state index contributed by atoms with van der Waals surface area (Å²) >= 11 is 1.37. The second-order valence-corrected chi connectivity index (χ2v) is 10.3. The summed E-state index contributed by atoms with van der Waals surface area (Å²) in [4.78, 5) is 15.6. The molecule has 1 aliphatic rings. The SMILES string of the molecule is CCN(CC)S(=O)(=O)c1ccc(N(C)C)c(NC(=O)CSc2ccc3c(c2)OCCO3)c1. The summed E-state index contributed by atoms with van der Waals surface area (Å²) in [6.45, 7) is 5.38. The lowest BCUT2D eigenvalue weighted by molar-refractivity contribution is -0.113. The van der Waals surface area contributed by atoms with E-state index in [0.717, 1.165) is 10.6 Å². The van der Waals surface area contributed by atoms with Crippen molar-refractivity contribution in [3.05, 3.63) is 36.4 Å². The van der Waals surface area contributed by atoms with Crippen LogP contribution in [-0.2, 0) is 14.8 Å². The Bertz CT molecular complexity index is 1070. The molecule has 32 heavy (non-hydrogen) atoms. The van der Waals surface area contributed by atoms with E-state index in [1.54, 1.807) is 26.0 Å². The molecular weight excluding hydrogens is 450 g/mol. The van der Waals surface area contributed by atoms with Crippen molar-refractivity contribution in [3.63, 3.8) is 0 Å². The molecule has 0 atom stereocenters. The first-order valence-corrected chi connectivity index (χ1v) is 12.8. The number of anilines is 2. The van der Waals surface area contributed by atoms with E-state index in [9.17, 15) is 13.2 Å². The van der Waals surface area contributed by atoms with Crippen LogP contribution in [0.25, 0.3) is 0 Å². The highest BCUT2D eigenvalue weighted by Crippen LogP contribution is 2.34. The second-order valence-electron chi connectivity index (χ2n) is 7.31. The first-order chi connectivity index (χ1) is 15.3. The molecule has 1 heterocycles. The van der Waals surface area contributed by atoms with Crippen molar-refractivity contribution in [2.24, 2.45) is 0 Å². The number of hydrogen-bond acceptors (Lipinski definition) is 7. The number of nitrogens with zero attached hydrogens (tertiary/aromatic N) is 2. The van der Waals surface area contributed by atoms with Gasteiger partial charge in [0.15, 0.2) is 11.5 Å². The Labute approximate surface area is 193 Å². The van der Waals surface area contributed by atoms with E-state index in [-0.39, 0.29) is 16.6 Å². The van der Waals surface area contributed by atoms with E-state index < -0.39 is 10.0 Å². The maximum Gasteiger partial charge on any atom is 0.243 e. The van der Waals surface area contributed by atoms with Gasteiger partial charge in [0.2, 0.25) is 15.9 Å². The number of amides is 1. The minimum absolute atomic E-state index is 0.154. The zero-order valence-corrected chi connectivity index (χ0v) is 20.4. The highest BCUT2D eigenvalue weighted by molar-refractivity contribution is 8.00. The van der Waals surface area contributed by atoms with Crippen LogP contribution in [0.5, 0.6) is 11.5 Å². The fourth-order valence-corrected chi connectivity index (χ4v) is 5.54. The number of rotatable bonds is 9. The van der Waals surface area contributed by atoms with Crippen molar-refractivity contribution in [2.75, 3.05) is 56.4 Å². The van der Waals surface area contributed by atoms with Crippen molar-refractivity contribution in [3.8, 4) is 11.5 Å². The first-order valence-electron chi connectivity index (χ1n) is 10.4. The molecular formula is C22H29N3O5S2. The number of carbonyl (C=O) groups is 1. The van der Waals surface area contributed by atoms with Crippen LogP contribution >= 0.6 is 11.8 Å². The summed E-state index contributed by atoms with van der Waals surface area (Å²) in [6.07, 6.45) is 0. The zero-order valence-electron chi connectivity index (χ0n) is 18.8. The molecule has 2 aromatic carbocycles. The third-order valence-electron chi connectivity index (χ3n) is 4.95. The maximum atomic E-state index is 12.9. The number of carbonyl (C=O) groups excluding carboxylic acids is 1. The normalized spacial score (nSPS) is 13.2. The Balaban J connectivity index is 1.75. The average Bonchev–Trinajstić information content (AvgIpc) is 2.78. The first kappa shape index (κ1) is 24.2. The molecule has 0 radical (unpaired) electrons. The van der Waals surface area contributed by atoms with E-state index in [4.69, 9.17) is 9.47 Å². The minimum atomic E-state index is -3.63. The molecule has 10 heteroatoms. The number of thioether (sulfide) groups is 1. The van der Waals surface area contributed by atoms with Crippen molar-refractivity contribution < 1.29 is 22.7 Å². The van der Waals surface area contributed by atoms with Gasteiger partial charge in [-0.2, -0.15) is 4.31 Å². The summed E-state index contributed by atoms with van der Waals surface area (Å²) in [7, 11) is 0.0480. The fourth-order valence-electron chi connectivity index (χ4n) is 3.33. The molecule has 0 unspecified atom stereocenters. The third kappa shape index (κ3) is 5.48. The van der Waals surface area contributed by atoms with Gasteiger partial charge in [-0.1, -0.05) is 13.8 Å². The predicted molar refractivity (Wildman–Crippen MR) is 128 cm³/mol. The van der Waals surface area contributed by atoms with Gasteiger partial charge in [0.1, 0.15) is 13.2 Å². The number of benzene rings is 2. The summed E-state index contributed by atoms with van der Waals surface area (Å²) in [6, 6.07) is 10.4. The highest BCUT2D eigenvalue weighted by atomic mass is 32.2. The minimum Gasteiger partial charge on any atom is -0.486 e. The monoisotopic (exact) mass is 479 g/mol. The van der Waals surface area contributed by atoms with E-state index >= 15 is 0 Å². The lowest BCUT2D eigenvalue weighted by Crippen LogP contribution is -2.30. The van der Waals surface area contributed by atoms with Gasteiger partial charge in [-0.05, 0) is 36.4 Å². The van der Waals surface area contributed by atoms with Crippen LogP contribution in [0.2, 0.25) is 0 Å². The summed E-state index contributed by atoms with van der Waals surface area (Å²) in [5.41, 5.74) is 1.18. The van der Waals surface area contributed by atoms with Crippen LogP contribution in [-0.4, -0.2) is 64.8 Å². The Morgan fingerprint density at radius 2 is 1.72 bits per heavy atom. The van der Waals surface area contributed by atoms with Gasteiger partial charge in [0, 0.05) is 32.1 Å². The van der Waals surface area contributed by atoms with E-state index in [0.29, 0.717) is 43.5 Å². The van der Waals surface area contributed by atoms with Crippen molar-refractivity contribution in [1.29, 1.82) is 0 Å². The second kappa shape index (κ2) is 10.5. The van der Waals surface area contributed by atoms with Gasteiger partial charge in [0.25, 0.3) is 0 Å². The fraction of sp³-hybridized carbons (Fsp3) is 0.409. The number of ether oxygens (including phenoxy) is 2. The van der Waals surface area contributed by atoms with Crippen molar-refractivity contribution in [2.45, 2.75) is 23.6 Å². The van der Waals surface area contributed by atoms with Gasteiger partial charge < -0.3 is 19.7 Å². The lowest BCUT2D eigenvalue weighted by Gasteiger charge is -2.22. The predicted octanol–water partition coefficient (Wildman–Crippen LogP) is 3.29. The molecule has 174 valence electrons. The van der Waals surface area contributed by atoms with Crippen LogP contribution in [0.3, 0.4) is 0 Å². The largest absolute Gasteiger partial charge is 0.486 e. The van der Waals surface area contributed by atoms with Gasteiger partial charge in [-0.3, -0.25) is 4.79 Å². The van der Waals surface area contributed by atoms with Gasteiger partial charge in [-0.25, -0.2) is 8.42 Å². The Kier molecular flexibility index (Phi) is 7.91. The van der Waals surface area contributed by atoms with Crippen LogP contribution in [0.4, 0.5) is 11.4 Å². The summed E-state index contributed by atoms with van der Waals surface area (Å²) in [5, 5.41) is 2.87. The molecule has 0 saturated carbocycles. The van der Waals surface area contributed by atoms with E-state index in [1.807, 2.05) is 37.2 Å². The molecule has 3 rings (SSSR count). The highest BCUT2D eigenvalue weighted by Gasteiger charge is 2.23. The molecule has 0 spiro atoms. The zero-order chi connectivity index (χ0) is 23.3. The topological polar surface area (TPSA) is 88.2 Å². The van der Waals surface area contributed by atoms with Crippen molar-refractivity contribution >= 4 is 39.1 Å². The molecule has 0 bridgehead atoms. The van der Waals surface area contributed by atoms with Crippen molar-refractivity contribution in [1.82, 2.24) is 4.31 Å². The molecule has 1 amide bonds. The van der Waals surface area contributed by atoms with Gasteiger partial charge in [-0.15, -0.1) is 11.8 Å². The third-order valence-corrected chi connectivity index (χ3v) is 7.99. The molecule has 0 aromatic heterocycles. The molecule has 1 N–H and O–H groups in total. The Hall–Kier alpha value is -2.43. The summed E-state index contributed by atoms with van der Waals surface area (Å²) in [5.74, 6) is 1.31. The number of fused-ring (bicyclic) bond motifs is 1. The molecule has 2 aromatic rings. The molecule has 1 aliphatic heterocycles. The smallest absolute Gasteiger partial charge is 0.243 e. The number of sulfonamides is 1. The standard InChI is InChI=1S/C22H29N3O5S2/c1-5-25(6-2)32(27,28)17-8-9-19(24(3)4)18(14-17)23-22(26)15-31-16-7-10-20-21(13-16)30-12-11-29-20/h7-10,13-14H,5-6,11-12,15H2,1-4H3,(H,23,26). The number of nitrogens with one attached hydrogen (secondary N) is 1. The average molecular weight is 480 g/mol. The van der Waals surface area contributed by atoms with Crippen LogP contribution in [0.1, 0.15) is 13.8 Å². The molecule has 8 nitrogen and oxygen atoms in total. The molecule has 0 saturated heterocycles. The van der Waals surface area contributed by atoms with Crippen LogP contribution in [0.15, 0.2) is 46.2 Å². The molecule has 0 aliphatic carbocycles. The molecule has 0 fully saturated rings. The quantitative estimate of drug-likeness (QED) is 0.552. The van der Waals surface area contributed by atoms with E-state index in [1.165, 1.54) is 22.1 Å².